The molecule has 2 rings (SSSR count). The van der Waals surface area contributed by atoms with Gasteiger partial charge in [0, 0.05) is 0 Å². The number of benzene rings is 2. The van der Waals surface area contributed by atoms with Gasteiger partial charge in [0.1, 0.15) is 11.9 Å². The fourth-order valence-corrected chi connectivity index (χ4v) is 4.04. The van der Waals surface area contributed by atoms with Crippen LogP contribution in [-0.2, 0) is 14.8 Å². The lowest BCUT2D eigenvalue weighted by atomic mass is 10.0. The van der Waals surface area contributed by atoms with E-state index in [2.05, 4.69) is 5.32 Å². The molecular weight excluding hydrogens is 367 g/mol. The van der Waals surface area contributed by atoms with Gasteiger partial charge in [0.25, 0.3) is 0 Å². The molecule has 0 saturated carbocycles. The summed E-state index contributed by atoms with van der Waals surface area (Å²) in [5.41, 5.74) is 3.30. The Balaban J connectivity index is 2.25. The zero-order valence-electron chi connectivity index (χ0n) is 16.2. The minimum absolute atomic E-state index is 0.110. The van der Waals surface area contributed by atoms with Gasteiger partial charge in [-0.2, -0.15) is 0 Å². The topological polar surface area (TPSA) is 66.5 Å². The Kier molecular flexibility index (Phi) is 6.26. The Labute approximate surface area is 160 Å². The van der Waals surface area contributed by atoms with Crippen LogP contribution in [0.15, 0.2) is 42.5 Å². The van der Waals surface area contributed by atoms with Crippen molar-refractivity contribution in [2.75, 3.05) is 10.6 Å². The number of carbonyl (C=O) groups is 1. The first-order valence-electron chi connectivity index (χ1n) is 8.63. The molecule has 0 aliphatic rings. The average Bonchev–Trinajstić information content (AvgIpc) is 2.56. The highest BCUT2D eigenvalue weighted by Gasteiger charge is 2.30. The van der Waals surface area contributed by atoms with Crippen LogP contribution in [0.1, 0.15) is 36.6 Å². The van der Waals surface area contributed by atoms with E-state index in [-0.39, 0.29) is 11.7 Å². The molecule has 0 aromatic heterocycles. The summed E-state index contributed by atoms with van der Waals surface area (Å²) in [6.45, 7) is 7.31. The van der Waals surface area contributed by atoms with Crippen molar-refractivity contribution in [2.45, 2.75) is 39.8 Å². The summed E-state index contributed by atoms with van der Waals surface area (Å²) in [7, 11) is -3.79. The van der Waals surface area contributed by atoms with Crippen molar-refractivity contribution < 1.29 is 17.6 Å². The maximum Gasteiger partial charge on any atom is 0.244 e. The summed E-state index contributed by atoms with van der Waals surface area (Å²) in [5.74, 6) is -1.03. The highest BCUT2D eigenvalue weighted by Crippen LogP contribution is 2.23. The van der Waals surface area contributed by atoms with Crippen molar-refractivity contribution in [2.24, 2.45) is 0 Å². The fraction of sp³-hybridized carbons (Fsp3) is 0.350. The number of rotatable bonds is 6. The van der Waals surface area contributed by atoms with Crippen molar-refractivity contribution >= 4 is 21.6 Å². The van der Waals surface area contributed by atoms with Crippen LogP contribution >= 0.6 is 0 Å². The lowest BCUT2D eigenvalue weighted by molar-refractivity contribution is -0.122. The molecule has 0 fully saturated rings. The summed E-state index contributed by atoms with van der Waals surface area (Å²) >= 11 is 0. The summed E-state index contributed by atoms with van der Waals surface area (Å²) in [6, 6.07) is 9.75. The van der Waals surface area contributed by atoms with Gasteiger partial charge in [-0.15, -0.1) is 0 Å². The quantitative estimate of drug-likeness (QED) is 0.819. The molecule has 2 aromatic rings. The van der Waals surface area contributed by atoms with Crippen molar-refractivity contribution in [3.05, 3.63) is 65.0 Å². The molecule has 0 unspecified atom stereocenters. The van der Waals surface area contributed by atoms with Crippen molar-refractivity contribution in [3.63, 3.8) is 0 Å². The van der Waals surface area contributed by atoms with Crippen LogP contribution in [0.4, 0.5) is 10.1 Å². The van der Waals surface area contributed by atoms with Crippen LogP contribution in [0.5, 0.6) is 0 Å². The molecular formula is C20H25FN2O3S. The second kappa shape index (κ2) is 8.08. The Hall–Kier alpha value is -2.41. The Morgan fingerprint density at radius 3 is 2.30 bits per heavy atom. The molecule has 1 amide bonds. The van der Waals surface area contributed by atoms with Crippen LogP contribution in [0.25, 0.3) is 0 Å². The fourth-order valence-electron chi connectivity index (χ4n) is 2.87. The molecule has 0 bridgehead atoms. The smallest absolute Gasteiger partial charge is 0.244 e. The maximum atomic E-state index is 13.6. The molecule has 0 aliphatic heterocycles. The molecule has 146 valence electrons. The first-order valence-corrected chi connectivity index (χ1v) is 10.5. The average molecular weight is 392 g/mol. The highest BCUT2D eigenvalue weighted by atomic mass is 32.2. The van der Waals surface area contributed by atoms with Gasteiger partial charge in [0.05, 0.1) is 18.0 Å². The predicted octanol–water partition coefficient (Wildman–Crippen LogP) is 3.47. The van der Waals surface area contributed by atoms with Crippen molar-refractivity contribution in [3.8, 4) is 0 Å². The number of anilines is 1. The van der Waals surface area contributed by atoms with Crippen molar-refractivity contribution in [1.29, 1.82) is 0 Å². The van der Waals surface area contributed by atoms with Crippen LogP contribution in [0.2, 0.25) is 0 Å². The highest BCUT2D eigenvalue weighted by molar-refractivity contribution is 7.92. The SMILES string of the molecule is Cc1ccc([C@H](C)NC(=O)[C@@H](C)N(c2cccc(F)c2)S(C)(=O)=O)cc1C. The van der Waals surface area contributed by atoms with Gasteiger partial charge in [0.2, 0.25) is 15.9 Å². The lowest BCUT2D eigenvalue weighted by Gasteiger charge is -2.29. The van der Waals surface area contributed by atoms with E-state index in [1.54, 1.807) is 0 Å². The number of nitrogens with one attached hydrogen (secondary N) is 1. The number of hydrogen-bond donors (Lipinski definition) is 1. The van der Waals surface area contributed by atoms with Crippen LogP contribution in [0.3, 0.4) is 0 Å². The Morgan fingerprint density at radius 2 is 1.74 bits per heavy atom. The number of halogens is 1. The third-order valence-corrected chi connectivity index (χ3v) is 5.78. The number of aryl methyl sites for hydroxylation is 2. The Morgan fingerprint density at radius 1 is 1.07 bits per heavy atom. The van der Waals surface area contributed by atoms with E-state index in [9.17, 15) is 17.6 Å². The molecule has 2 atom stereocenters. The zero-order valence-corrected chi connectivity index (χ0v) is 17.0. The lowest BCUT2D eigenvalue weighted by Crippen LogP contribution is -2.48. The van der Waals surface area contributed by atoms with E-state index in [4.69, 9.17) is 0 Å². The van der Waals surface area contributed by atoms with Gasteiger partial charge in [-0.05, 0) is 62.6 Å². The second-order valence-electron chi connectivity index (χ2n) is 6.79. The van der Waals surface area contributed by atoms with Crippen LogP contribution < -0.4 is 9.62 Å². The number of sulfonamides is 1. The third-order valence-electron chi connectivity index (χ3n) is 4.54. The first kappa shape index (κ1) is 20.9. The normalized spacial score (nSPS) is 13.7. The maximum absolute atomic E-state index is 13.6. The largest absolute Gasteiger partial charge is 0.348 e. The number of amides is 1. The van der Waals surface area contributed by atoms with Gasteiger partial charge >= 0.3 is 0 Å². The molecule has 5 nitrogen and oxygen atoms in total. The number of carbonyl (C=O) groups excluding carboxylic acids is 1. The van der Waals surface area contributed by atoms with E-state index in [1.165, 1.54) is 25.1 Å². The Bertz CT molecular complexity index is 944. The third kappa shape index (κ3) is 5.07. The summed E-state index contributed by atoms with van der Waals surface area (Å²) < 4.78 is 39.0. The standard InChI is InChI=1S/C20H25FN2O3S/c1-13-9-10-17(11-14(13)2)15(3)22-20(24)16(4)23(27(5,25)26)19-8-6-7-18(21)12-19/h6-12,15-16H,1-5H3,(H,22,24)/t15-,16+/m0/s1. The van der Waals surface area contributed by atoms with E-state index in [0.717, 1.165) is 33.3 Å². The molecule has 0 saturated heterocycles. The zero-order chi connectivity index (χ0) is 20.4. The molecule has 0 spiro atoms. The van der Waals surface area contributed by atoms with Crippen molar-refractivity contribution in [1.82, 2.24) is 5.32 Å². The molecule has 1 N–H and O–H groups in total. The summed E-state index contributed by atoms with van der Waals surface area (Å²) in [6.07, 6.45) is 0.994. The second-order valence-corrected chi connectivity index (χ2v) is 8.65. The van der Waals surface area contributed by atoms with Gasteiger partial charge in [-0.25, -0.2) is 12.8 Å². The molecule has 0 heterocycles. The van der Waals surface area contributed by atoms with Crippen LogP contribution in [-0.4, -0.2) is 26.6 Å². The van der Waals surface area contributed by atoms with Gasteiger partial charge in [0.15, 0.2) is 0 Å². The number of hydrogen-bond acceptors (Lipinski definition) is 3. The molecule has 2 aromatic carbocycles. The van der Waals surface area contributed by atoms with E-state index < -0.39 is 27.8 Å². The summed E-state index contributed by atoms with van der Waals surface area (Å²) in [5, 5.41) is 2.84. The molecule has 7 heteroatoms. The first-order chi connectivity index (χ1) is 12.5. The van der Waals surface area contributed by atoms with Crippen LogP contribution in [0, 0.1) is 19.7 Å². The van der Waals surface area contributed by atoms with Gasteiger partial charge in [-0.3, -0.25) is 9.10 Å². The van der Waals surface area contributed by atoms with Gasteiger partial charge < -0.3 is 5.32 Å². The summed E-state index contributed by atoms with van der Waals surface area (Å²) in [4.78, 5) is 12.7. The van der Waals surface area contributed by atoms with E-state index in [1.807, 2.05) is 39.0 Å². The minimum Gasteiger partial charge on any atom is -0.348 e. The minimum atomic E-state index is -3.79. The van der Waals surface area contributed by atoms with Gasteiger partial charge in [-0.1, -0.05) is 24.3 Å². The predicted molar refractivity (Wildman–Crippen MR) is 106 cm³/mol. The molecule has 27 heavy (non-hydrogen) atoms. The molecule has 0 aliphatic carbocycles. The van der Waals surface area contributed by atoms with E-state index in [0.29, 0.717) is 0 Å². The number of nitrogens with zero attached hydrogens (tertiary/aromatic N) is 1. The van der Waals surface area contributed by atoms with E-state index >= 15 is 0 Å². The molecule has 0 radical (unpaired) electrons. The monoisotopic (exact) mass is 392 g/mol.